The van der Waals surface area contributed by atoms with Crippen LogP contribution in [0.1, 0.15) is 69.4 Å². The van der Waals surface area contributed by atoms with Crippen LogP contribution in [0.3, 0.4) is 0 Å². The molecule has 1 unspecified atom stereocenters. The molecule has 34 heavy (non-hydrogen) atoms. The molecule has 2 aromatic carbocycles. The molecule has 0 saturated heterocycles. The molecule has 0 heterocycles. The maximum atomic E-state index is 14.1. The van der Waals surface area contributed by atoms with E-state index in [1.165, 1.54) is 41.7 Å². The van der Waals surface area contributed by atoms with Crippen molar-refractivity contribution in [2.45, 2.75) is 77.5 Å². The van der Waals surface area contributed by atoms with Crippen molar-refractivity contribution in [3.63, 3.8) is 0 Å². The van der Waals surface area contributed by atoms with Gasteiger partial charge in [-0.2, -0.15) is 0 Å². The third kappa shape index (κ3) is 5.05. The molecule has 0 bridgehead atoms. The van der Waals surface area contributed by atoms with Gasteiger partial charge in [-0.1, -0.05) is 73.5 Å². The van der Waals surface area contributed by atoms with Gasteiger partial charge in [0.1, 0.15) is 6.10 Å². The Morgan fingerprint density at radius 1 is 0.853 bits per heavy atom. The molecule has 0 aliphatic heterocycles. The van der Waals surface area contributed by atoms with Gasteiger partial charge in [-0.05, 0) is 68.1 Å². The molecule has 3 nitrogen and oxygen atoms in total. The van der Waals surface area contributed by atoms with E-state index in [0.29, 0.717) is 12.5 Å². The highest BCUT2D eigenvalue weighted by molar-refractivity contribution is 6.13. The fraction of sp³-hybridized carbons (Fsp3) is 0.452. The number of ketones is 1. The zero-order chi connectivity index (χ0) is 23.3. The van der Waals surface area contributed by atoms with E-state index in [1.807, 2.05) is 0 Å². The van der Waals surface area contributed by atoms with Crippen LogP contribution in [0.25, 0.3) is 0 Å². The Labute approximate surface area is 204 Å². The predicted octanol–water partition coefficient (Wildman–Crippen LogP) is 6.99. The minimum atomic E-state index is -0.157. The molecule has 3 heteroatoms. The summed E-state index contributed by atoms with van der Waals surface area (Å²) in [5.41, 5.74) is 7.14. The fourth-order valence-corrected chi connectivity index (χ4v) is 5.73. The standard InChI is InChI=1S/C31H37NO2/c1-2-34-31-27-18-12-4-3-11-17-26(27)30(33)28(31)29(25-19-20-25)32(21-23-13-7-5-8-14-23)22-24-15-9-6-10-16-24/h5-10,13-16,25,31H,2-4,11-12,17-22H2,1H3/b29-28+. The molecule has 3 aliphatic rings. The first-order chi connectivity index (χ1) is 16.8. The summed E-state index contributed by atoms with van der Waals surface area (Å²) >= 11 is 0. The molecule has 1 atom stereocenters. The summed E-state index contributed by atoms with van der Waals surface area (Å²) in [5.74, 6) is 0.739. The minimum absolute atomic E-state index is 0.157. The zero-order valence-corrected chi connectivity index (χ0v) is 20.5. The SMILES string of the molecule is CCOC1C2=C(CCCCCC2)C(=O)/C1=C(/C1CC1)N(Cc1ccccc1)Cc1ccccc1. The number of nitrogens with zero attached hydrogens (tertiary/aromatic N) is 1. The average Bonchev–Trinajstić information content (AvgIpc) is 3.64. The summed E-state index contributed by atoms with van der Waals surface area (Å²) in [6.07, 6.45) is 8.85. The van der Waals surface area contributed by atoms with Crippen LogP contribution in [0.2, 0.25) is 0 Å². The number of hydrogen-bond donors (Lipinski definition) is 0. The second kappa shape index (κ2) is 10.7. The lowest BCUT2D eigenvalue weighted by atomic mass is 9.94. The van der Waals surface area contributed by atoms with Crippen LogP contribution >= 0.6 is 0 Å². The molecule has 0 aromatic heterocycles. The molecule has 2 aromatic rings. The molecule has 3 aliphatic carbocycles. The van der Waals surface area contributed by atoms with Crippen molar-refractivity contribution in [2.24, 2.45) is 5.92 Å². The maximum absolute atomic E-state index is 14.1. The molecular formula is C31H37NO2. The maximum Gasteiger partial charge on any atom is 0.189 e. The summed E-state index contributed by atoms with van der Waals surface area (Å²) in [6.45, 7) is 4.31. The molecule has 5 rings (SSSR count). The van der Waals surface area contributed by atoms with Crippen LogP contribution in [0.5, 0.6) is 0 Å². The first kappa shape index (κ1) is 23.1. The van der Waals surface area contributed by atoms with E-state index in [1.54, 1.807) is 0 Å². The van der Waals surface area contributed by atoms with Crippen molar-refractivity contribution in [1.29, 1.82) is 0 Å². The number of rotatable bonds is 8. The lowest BCUT2D eigenvalue weighted by molar-refractivity contribution is -0.112. The van der Waals surface area contributed by atoms with Gasteiger partial charge >= 0.3 is 0 Å². The highest BCUT2D eigenvalue weighted by atomic mass is 16.5. The lowest BCUT2D eigenvalue weighted by Gasteiger charge is -2.31. The van der Waals surface area contributed by atoms with Crippen LogP contribution in [-0.4, -0.2) is 23.4 Å². The van der Waals surface area contributed by atoms with Crippen molar-refractivity contribution in [2.75, 3.05) is 6.61 Å². The monoisotopic (exact) mass is 455 g/mol. The first-order valence-electron chi connectivity index (χ1n) is 13.2. The van der Waals surface area contributed by atoms with E-state index in [2.05, 4.69) is 72.5 Å². The van der Waals surface area contributed by atoms with Crippen molar-refractivity contribution >= 4 is 5.78 Å². The van der Waals surface area contributed by atoms with E-state index < -0.39 is 0 Å². The van der Waals surface area contributed by atoms with E-state index in [0.717, 1.165) is 56.3 Å². The molecule has 1 fully saturated rings. The Morgan fingerprint density at radius 2 is 1.44 bits per heavy atom. The van der Waals surface area contributed by atoms with E-state index in [4.69, 9.17) is 4.74 Å². The third-order valence-corrected chi connectivity index (χ3v) is 7.45. The number of hydrogen-bond acceptors (Lipinski definition) is 3. The van der Waals surface area contributed by atoms with Crippen LogP contribution < -0.4 is 0 Å². The average molecular weight is 456 g/mol. The third-order valence-electron chi connectivity index (χ3n) is 7.45. The highest BCUT2D eigenvalue weighted by Gasteiger charge is 2.44. The minimum Gasteiger partial charge on any atom is -0.369 e. The number of Topliss-reactive ketones (excluding diaryl/α,β-unsaturated/α-hetero) is 1. The second-order valence-electron chi connectivity index (χ2n) is 9.98. The summed E-state index contributed by atoms with van der Waals surface area (Å²) in [6, 6.07) is 21.4. The molecule has 178 valence electrons. The Hall–Kier alpha value is -2.65. The zero-order valence-electron chi connectivity index (χ0n) is 20.5. The number of allylic oxidation sites excluding steroid dienone is 2. The van der Waals surface area contributed by atoms with Crippen molar-refractivity contribution in [3.8, 4) is 0 Å². The summed E-state index contributed by atoms with van der Waals surface area (Å²) in [5, 5.41) is 0. The van der Waals surface area contributed by atoms with Gasteiger partial charge in [-0.15, -0.1) is 0 Å². The van der Waals surface area contributed by atoms with E-state index in [9.17, 15) is 4.79 Å². The van der Waals surface area contributed by atoms with E-state index >= 15 is 0 Å². The van der Waals surface area contributed by atoms with Crippen LogP contribution in [0.15, 0.2) is 83.1 Å². The Kier molecular flexibility index (Phi) is 7.30. The Balaban J connectivity index is 1.59. The van der Waals surface area contributed by atoms with Gasteiger partial charge in [-0.3, -0.25) is 4.79 Å². The summed E-state index contributed by atoms with van der Waals surface area (Å²) in [4.78, 5) is 16.5. The van der Waals surface area contributed by atoms with E-state index in [-0.39, 0.29) is 11.9 Å². The van der Waals surface area contributed by atoms with Gasteiger partial charge in [0, 0.05) is 31.0 Å². The first-order valence-corrected chi connectivity index (χ1v) is 13.2. The highest BCUT2D eigenvalue weighted by Crippen LogP contribution is 2.47. The fourth-order valence-electron chi connectivity index (χ4n) is 5.73. The van der Waals surface area contributed by atoms with Gasteiger partial charge in [0.25, 0.3) is 0 Å². The molecule has 0 spiro atoms. The molecule has 0 amide bonds. The van der Waals surface area contributed by atoms with Crippen molar-refractivity contribution in [3.05, 3.63) is 94.2 Å². The van der Waals surface area contributed by atoms with Gasteiger partial charge < -0.3 is 9.64 Å². The number of carbonyl (C=O) groups excluding carboxylic acids is 1. The molecule has 1 saturated carbocycles. The van der Waals surface area contributed by atoms with Crippen molar-refractivity contribution < 1.29 is 9.53 Å². The predicted molar refractivity (Wildman–Crippen MR) is 137 cm³/mol. The summed E-state index contributed by atoms with van der Waals surface area (Å²) < 4.78 is 6.40. The number of carbonyl (C=O) groups is 1. The van der Waals surface area contributed by atoms with Crippen LogP contribution in [0, 0.1) is 5.92 Å². The molecule has 0 radical (unpaired) electrons. The molecular weight excluding hydrogens is 418 g/mol. The Morgan fingerprint density at radius 3 is 2.00 bits per heavy atom. The quantitative estimate of drug-likeness (QED) is 0.402. The normalized spacial score (nSPS) is 22.3. The lowest BCUT2D eigenvalue weighted by Crippen LogP contribution is -2.30. The second-order valence-corrected chi connectivity index (χ2v) is 9.98. The Bertz CT molecular complexity index is 1010. The van der Waals surface area contributed by atoms with Gasteiger partial charge in [0.15, 0.2) is 5.78 Å². The molecule has 0 N–H and O–H groups in total. The van der Waals surface area contributed by atoms with Crippen molar-refractivity contribution in [1.82, 2.24) is 4.90 Å². The smallest absolute Gasteiger partial charge is 0.189 e. The topological polar surface area (TPSA) is 29.5 Å². The van der Waals surface area contributed by atoms with Gasteiger partial charge in [0.05, 0.1) is 5.57 Å². The van der Waals surface area contributed by atoms with Gasteiger partial charge in [-0.25, -0.2) is 0 Å². The summed E-state index contributed by atoms with van der Waals surface area (Å²) in [7, 11) is 0. The largest absolute Gasteiger partial charge is 0.369 e. The van der Waals surface area contributed by atoms with Crippen LogP contribution in [-0.2, 0) is 22.6 Å². The van der Waals surface area contributed by atoms with Gasteiger partial charge in [0.2, 0.25) is 0 Å². The number of benzene rings is 2. The number of ether oxygens (including phenoxy) is 1. The van der Waals surface area contributed by atoms with Crippen LogP contribution in [0.4, 0.5) is 0 Å².